The molecule has 3 aromatic carbocycles. The lowest BCUT2D eigenvalue weighted by Gasteiger charge is -2.13. The molecule has 0 aromatic heterocycles. The van der Waals surface area contributed by atoms with Crippen LogP contribution in [0.3, 0.4) is 0 Å². The van der Waals surface area contributed by atoms with Crippen molar-refractivity contribution in [3.63, 3.8) is 0 Å². The number of amides is 2. The number of benzene rings is 3. The van der Waals surface area contributed by atoms with E-state index in [2.05, 4.69) is 10.6 Å². The summed E-state index contributed by atoms with van der Waals surface area (Å²) in [6.45, 7) is 1.80. The lowest BCUT2D eigenvalue weighted by molar-refractivity contribution is -0.116. The van der Waals surface area contributed by atoms with E-state index in [0.717, 1.165) is 10.5 Å². The SMILES string of the molecule is CC(Sc1cccc(NC(=O)Cc2ccccc2)c1)C(=O)Nc1ccc(F)cc1. The third-order valence-electron chi connectivity index (χ3n) is 4.12. The average molecular weight is 408 g/mol. The molecule has 1 unspecified atom stereocenters. The third-order valence-corrected chi connectivity index (χ3v) is 5.21. The molecule has 148 valence electrons. The summed E-state index contributed by atoms with van der Waals surface area (Å²) in [7, 11) is 0. The predicted molar refractivity (Wildman–Crippen MR) is 116 cm³/mol. The summed E-state index contributed by atoms with van der Waals surface area (Å²) in [4.78, 5) is 25.5. The molecule has 0 aliphatic carbocycles. The number of hydrogen-bond acceptors (Lipinski definition) is 3. The number of halogens is 1. The van der Waals surface area contributed by atoms with Crippen LogP contribution in [0.4, 0.5) is 15.8 Å². The van der Waals surface area contributed by atoms with Crippen LogP contribution in [0.25, 0.3) is 0 Å². The average Bonchev–Trinajstić information content (AvgIpc) is 2.70. The van der Waals surface area contributed by atoms with Crippen molar-refractivity contribution in [3.8, 4) is 0 Å². The molecule has 0 aliphatic heterocycles. The molecule has 1 atom stereocenters. The third kappa shape index (κ3) is 6.47. The van der Waals surface area contributed by atoms with Crippen molar-refractivity contribution >= 4 is 35.0 Å². The Bertz CT molecular complexity index is 978. The molecule has 4 nitrogen and oxygen atoms in total. The molecule has 0 bridgehead atoms. The van der Waals surface area contributed by atoms with Gasteiger partial charge < -0.3 is 10.6 Å². The Morgan fingerprint density at radius 3 is 2.34 bits per heavy atom. The smallest absolute Gasteiger partial charge is 0.237 e. The van der Waals surface area contributed by atoms with Gasteiger partial charge in [0.05, 0.1) is 11.7 Å². The molecular weight excluding hydrogens is 387 g/mol. The highest BCUT2D eigenvalue weighted by atomic mass is 32.2. The van der Waals surface area contributed by atoms with Crippen LogP contribution in [0.15, 0.2) is 83.8 Å². The van der Waals surface area contributed by atoms with Gasteiger partial charge >= 0.3 is 0 Å². The summed E-state index contributed by atoms with van der Waals surface area (Å²) in [5, 5.41) is 5.29. The van der Waals surface area contributed by atoms with E-state index in [9.17, 15) is 14.0 Å². The molecule has 0 saturated carbocycles. The maximum Gasteiger partial charge on any atom is 0.237 e. The molecule has 2 amide bonds. The number of carbonyl (C=O) groups is 2. The van der Waals surface area contributed by atoms with E-state index in [-0.39, 0.29) is 22.9 Å². The number of hydrogen-bond donors (Lipinski definition) is 2. The summed E-state index contributed by atoms with van der Waals surface area (Å²) in [6, 6.07) is 22.6. The molecule has 0 spiro atoms. The number of thioether (sulfide) groups is 1. The van der Waals surface area contributed by atoms with Crippen molar-refractivity contribution in [2.45, 2.75) is 23.5 Å². The van der Waals surface area contributed by atoms with E-state index >= 15 is 0 Å². The Hall–Kier alpha value is -3.12. The zero-order valence-corrected chi connectivity index (χ0v) is 16.7. The second kappa shape index (κ2) is 9.89. The van der Waals surface area contributed by atoms with E-state index in [1.165, 1.54) is 36.0 Å². The van der Waals surface area contributed by atoms with Crippen LogP contribution in [0.1, 0.15) is 12.5 Å². The molecule has 0 saturated heterocycles. The molecular formula is C23H21FN2O2S. The highest BCUT2D eigenvalue weighted by molar-refractivity contribution is 8.00. The Morgan fingerprint density at radius 1 is 0.897 bits per heavy atom. The summed E-state index contributed by atoms with van der Waals surface area (Å²) in [6.07, 6.45) is 0.300. The van der Waals surface area contributed by atoms with Crippen molar-refractivity contribution in [1.29, 1.82) is 0 Å². The Labute approximate surface area is 173 Å². The second-order valence-corrected chi connectivity index (χ2v) is 7.91. The molecule has 29 heavy (non-hydrogen) atoms. The molecule has 0 radical (unpaired) electrons. The fourth-order valence-electron chi connectivity index (χ4n) is 2.67. The number of nitrogens with one attached hydrogen (secondary N) is 2. The predicted octanol–water partition coefficient (Wildman–Crippen LogP) is 5.13. The minimum atomic E-state index is -0.365. The van der Waals surface area contributed by atoms with Gasteiger partial charge in [-0.1, -0.05) is 36.4 Å². The molecule has 2 N–H and O–H groups in total. The monoisotopic (exact) mass is 408 g/mol. The van der Waals surface area contributed by atoms with Crippen LogP contribution in [0.5, 0.6) is 0 Å². The number of anilines is 2. The van der Waals surface area contributed by atoms with Gasteiger partial charge in [0, 0.05) is 16.3 Å². The van der Waals surface area contributed by atoms with Gasteiger partial charge in [0.15, 0.2) is 0 Å². The van der Waals surface area contributed by atoms with Gasteiger partial charge in [0.1, 0.15) is 5.82 Å². The normalized spacial score (nSPS) is 11.5. The van der Waals surface area contributed by atoms with Crippen molar-refractivity contribution in [2.24, 2.45) is 0 Å². The molecule has 3 aromatic rings. The Balaban J connectivity index is 1.56. The topological polar surface area (TPSA) is 58.2 Å². The van der Waals surface area contributed by atoms with Crippen LogP contribution in [-0.2, 0) is 16.0 Å². The van der Waals surface area contributed by atoms with Gasteiger partial charge in [-0.3, -0.25) is 9.59 Å². The van der Waals surface area contributed by atoms with E-state index < -0.39 is 0 Å². The zero-order valence-electron chi connectivity index (χ0n) is 15.9. The van der Waals surface area contributed by atoms with E-state index in [1.807, 2.05) is 54.6 Å². The fourth-order valence-corrected chi connectivity index (χ4v) is 3.59. The zero-order chi connectivity index (χ0) is 20.6. The molecule has 0 aliphatic rings. The van der Waals surface area contributed by atoms with E-state index in [4.69, 9.17) is 0 Å². The quantitative estimate of drug-likeness (QED) is 0.533. The number of carbonyl (C=O) groups excluding carboxylic acids is 2. The lowest BCUT2D eigenvalue weighted by atomic mass is 10.1. The van der Waals surface area contributed by atoms with Gasteiger partial charge in [-0.25, -0.2) is 4.39 Å². The van der Waals surface area contributed by atoms with Crippen molar-refractivity contribution in [1.82, 2.24) is 0 Å². The van der Waals surface area contributed by atoms with Crippen molar-refractivity contribution in [2.75, 3.05) is 10.6 Å². The lowest BCUT2D eigenvalue weighted by Crippen LogP contribution is -2.22. The van der Waals surface area contributed by atoms with Gasteiger partial charge in [0.2, 0.25) is 11.8 Å². The Morgan fingerprint density at radius 2 is 1.62 bits per heavy atom. The van der Waals surface area contributed by atoms with Gasteiger partial charge in [-0.15, -0.1) is 11.8 Å². The highest BCUT2D eigenvalue weighted by Crippen LogP contribution is 2.26. The molecule has 0 fully saturated rings. The summed E-state index contributed by atoms with van der Waals surface area (Å²) >= 11 is 1.38. The molecule has 3 rings (SSSR count). The van der Waals surface area contributed by atoms with Crippen LogP contribution < -0.4 is 10.6 Å². The first kappa shape index (κ1) is 20.6. The van der Waals surface area contributed by atoms with Crippen LogP contribution in [-0.4, -0.2) is 17.1 Å². The first-order valence-electron chi connectivity index (χ1n) is 9.16. The Kier molecular flexibility index (Phi) is 7.03. The van der Waals surface area contributed by atoms with Gasteiger partial charge in [0.25, 0.3) is 0 Å². The van der Waals surface area contributed by atoms with Crippen LogP contribution in [0, 0.1) is 5.82 Å². The first-order chi connectivity index (χ1) is 14.0. The highest BCUT2D eigenvalue weighted by Gasteiger charge is 2.15. The maximum absolute atomic E-state index is 13.0. The largest absolute Gasteiger partial charge is 0.326 e. The van der Waals surface area contributed by atoms with E-state index in [1.54, 1.807) is 6.92 Å². The van der Waals surface area contributed by atoms with Crippen molar-refractivity contribution < 1.29 is 14.0 Å². The number of rotatable bonds is 7. The van der Waals surface area contributed by atoms with E-state index in [0.29, 0.717) is 17.8 Å². The van der Waals surface area contributed by atoms with Crippen molar-refractivity contribution in [3.05, 3.63) is 90.2 Å². The standard InChI is InChI=1S/C23H21FN2O2S/c1-16(23(28)26-19-12-10-18(24)11-13-19)29-21-9-5-8-20(15-21)25-22(27)14-17-6-3-2-4-7-17/h2-13,15-16H,14H2,1H3,(H,25,27)(H,26,28). The van der Waals surface area contributed by atoms with Gasteiger partial charge in [-0.2, -0.15) is 0 Å². The molecule has 0 heterocycles. The summed E-state index contributed by atoms with van der Waals surface area (Å²) in [5.41, 5.74) is 2.18. The summed E-state index contributed by atoms with van der Waals surface area (Å²) in [5.74, 6) is -0.628. The van der Waals surface area contributed by atoms with Crippen LogP contribution >= 0.6 is 11.8 Å². The summed E-state index contributed by atoms with van der Waals surface area (Å²) < 4.78 is 13.0. The van der Waals surface area contributed by atoms with Crippen LogP contribution in [0.2, 0.25) is 0 Å². The second-order valence-electron chi connectivity index (χ2n) is 6.49. The molecule has 6 heteroatoms. The van der Waals surface area contributed by atoms with Gasteiger partial charge in [-0.05, 0) is 55.0 Å². The minimum Gasteiger partial charge on any atom is -0.326 e. The minimum absolute atomic E-state index is 0.0968. The maximum atomic E-state index is 13.0. The first-order valence-corrected chi connectivity index (χ1v) is 10.0. The fraction of sp³-hybridized carbons (Fsp3) is 0.130.